The second-order valence-electron chi connectivity index (χ2n) is 7.61. The van der Waals surface area contributed by atoms with Gasteiger partial charge in [0.2, 0.25) is 12.0 Å². The van der Waals surface area contributed by atoms with Crippen LogP contribution in [0.4, 0.5) is 0 Å². The molecular weight excluding hydrogens is 440 g/mol. The molecule has 5 atom stereocenters. The minimum atomic E-state index is -1.63. The zero-order valence-electron chi connectivity index (χ0n) is 17.5. The molecule has 0 amide bonds. The van der Waals surface area contributed by atoms with Crippen LogP contribution in [0, 0.1) is 0 Å². The van der Waals surface area contributed by atoms with Gasteiger partial charge in [0.25, 0.3) is 0 Å². The first-order valence-corrected chi connectivity index (χ1v) is 9.88. The van der Waals surface area contributed by atoms with Gasteiger partial charge in [-0.1, -0.05) is 0 Å². The van der Waals surface area contributed by atoms with Crippen molar-refractivity contribution in [1.82, 2.24) is 0 Å². The molecule has 0 unspecified atom stereocenters. The minimum Gasteiger partial charge on any atom is -0.504 e. The standard InChI is InChI=1S/C22H22O11/c1-8-17(26)19(28)20(29)22(31-8)33-15-7-14-16(18(27)21(15)30-2)12(25)6-13(32-14)9-3-4-10(23)11(24)5-9/h3-8,17,19-20,22-24,26-29H,1-2H3/t8-,17+,19-,20-,22-/m1/s1. The molecule has 0 spiro atoms. The van der Waals surface area contributed by atoms with Crippen molar-refractivity contribution in [2.75, 3.05) is 7.11 Å². The molecule has 33 heavy (non-hydrogen) atoms. The number of aromatic hydroxyl groups is 3. The van der Waals surface area contributed by atoms with Crippen LogP contribution in [0.15, 0.2) is 39.5 Å². The molecule has 11 heteroatoms. The summed E-state index contributed by atoms with van der Waals surface area (Å²) in [6, 6.07) is 6.16. The van der Waals surface area contributed by atoms with E-state index < -0.39 is 47.6 Å². The number of fused-ring (bicyclic) bond motifs is 1. The smallest absolute Gasteiger partial charge is 0.229 e. The fraction of sp³-hybridized carbons (Fsp3) is 0.318. The Morgan fingerprint density at radius 3 is 2.33 bits per heavy atom. The number of phenols is 3. The van der Waals surface area contributed by atoms with Crippen molar-refractivity contribution in [1.29, 1.82) is 0 Å². The van der Waals surface area contributed by atoms with Gasteiger partial charge in [0.15, 0.2) is 28.4 Å². The molecule has 0 radical (unpaired) electrons. The van der Waals surface area contributed by atoms with Crippen LogP contribution in [-0.4, -0.2) is 68.5 Å². The maximum Gasteiger partial charge on any atom is 0.229 e. The Labute approximate surface area is 186 Å². The van der Waals surface area contributed by atoms with Gasteiger partial charge in [0, 0.05) is 17.7 Å². The van der Waals surface area contributed by atoms with Gasteiger partial charge in [-0.15, -0.1) is 0 Å². The van der Waals surface area contributed by atoms with Crippen molar-refractivity contribution >= 4 is 11.0 Å². The van der Waals surface area contributed by atoms with Crippen molar-refractivity contribution in [2.24, 2.45) is 0 Å². The quantitative estimate of drug-likeness (QED) is 0.302. The summed E-state index contributed by atoms with van der Waals surface area (Å²) in [4.78, 5) is 12.7. The molecule has 176 valence electrons. The van der Waals surface area contributed by atoms with Gasteiger partial charge in [-0.2, -0.15) is 0 Å². The molecule has 3 aromatic rings. The number of aliphatic hydroxyl groups is 3. The summed E-state index contributed by atoms with van der Waals surface area (Å²) in [6.07, 6.45) is -6.83. The van der Waals surface area contributed by atoms with Gasteiger partial charge >= 0.3 is 0 Å². The van der Waals surface area contributed by atoms with Gasteiger partial charge in [0.1, 0.15) is 35.0 Å². The molecule has 2 aromatic carbocycles. The van der Waals surface area contributed by atoms with E-state index in [9.17, 15) is 35.4 Å². The molecule has 0 aliphatic carbocycles. The summed E-state index contributed by atoms with van der Waals surface area (Å²) in [5, 5.41) is 59.8. The summed E-state index contributed by atoms with van der Waals surface area (Å²) < 4.78 is 21.9. The van der Waals surface area contributed by atoms with Crippen molar-refractivity contribution in [3.05, 3.63) is 40.6 Å². The Balaban J connectivity index is 1.81. The largest absolute Gasteiger partial charge is 0.504 e. The number of rotatable bonds is 4. The molecule has 1 aromatic heterocycles. The lowest BCUT2D eigenvalue weighted by Gasteiger charge is -2.39. The zero-order valence-corrected chi connectivity index (χ0v) is 17.5. The number of aliphatic hydroxyl groups excluding tert-OH is 3. The number of ether oxygens (including phenoxy) is 3. The number of hydrogen-bond donors (Lipinski definition) is 6. The lowest BCUT2D eigenvalue weighted by Crippen LogP contribution is -2.58. The molecule has 1 aliphatic heterocycles. The van der Waals surface area contributed by atoms with Crippen LogP contribution in [0.5, 0.6) is 28.7 Å². The summed E-state index contributed by atoms with van der Waals surface area (Å²) in [7, 11) is 1.22. The fourth-order valence-electron chi connectivity index (χ4n) is 3.60. The maximum atomic E-state index is 12.7. The number of benzene rings is 2. The normalized spacial score (nSPS) is 25.2. The Bertz CT molecular complexity index is 1250. The van der Waals surface area contributed by atoms with E-state index in [4.69, 9.17) is 18.6 Å². The highest BCUT2D eigenvalue weighted by molar-refractivity contribution is 5.89. The van der Waals surface area contributed by atoms with Crippen LogP contribution in [0.25, 0.3) is 22.3 Å². The number of methoxy groups -OCH3 is 1. The van der Waals surface area contributed by atoms with Crippen LogP contribution in [0.1, 0.15) is 6.92 Å². The van der Waals surface area contributed by atoms with Crippen molar-refractivity contribution < 1.29 is 49.3 Å². The van der Waals surface area contributed by atoms with Gasteiger partial charge in [0.05, 0.1) is 13.2 Å². The minimum absolute atomic E-state index is 0.0273. The lowest BCUT2D eigenvalue weighted by molar-refractivity contribution is -0.268. The Hall–Kier alpha value is -3.51. The van der Waals surface area contributed by atoms with E-state index in [1.54, 1.807) is 0 Å². The Kier molecular flexibility index (Phi) is 5.80. The predicted molar refractivity (Wildman–Crippen MR) is 112 cm³/mol. The summed E-state index contributed by atoms with van der Waals surface area (Å²) in [6.45, 7) is 1.48. The van der Waals surface area contributed by atoms with E-state index >= 15 is 0 Å². The molecule has 0 bridgehead atoms. The second-order valence-corrected chi connectivity index (χ2v) is 7.61. The third-order valence-electron chi connectivity index (χ3n) is 5.43. The van der Waals surface area contributed by atoms with Crippen LogP contribution in [-0.2, 0) is 4.74 Å². The van der Waals surface area contributed by atoms with Gasteiger partial charge < -0.3 is 49.3 Å². The lowest BCUT2D eigenvalue weighted by atomic mass is 10.00. The highest BCUT2D eigenvalue weighted by Gasteiger charge is 2.43. The molecule has 0 saturated carbocycles. The molecule has 2 heterocycles. The van der Waals surface area contributed by atoms with E-state index in [0.717, 1.165) is 6.07 Å². The summed E-state index contributed by atoms with van der Waals surface area (Å²) in [5.74, 6) is -1.75. The molecule has 4 rings (SSSR count). The monoisotopic (exact) mass is 462 g/mol. The highest BCUT2D eigenvalue weighted by Crippen LogP contribution is 2.43. The van der Waals surface area contributed by atoms with E-state index in [1.807, 2.05) is 0 Å². The van der Waals surface area contributed by atoms with Crippen LogP contribution in [0.3, 0.4) is 0 Å². The first-order valence-electron chi connectivity index (χ1n) is 9.88. The number of phenolic OH excluding ortho intramolecular Hbond substituents is 3. The number of hydrogen-bond acceptors (Lipinski definition) is 11. The van der Waals surface area contributed by atoms with Gasteiger partial charge in [-0.05, 0) is 25.1 Å². The third-order valence-corrected chi connectivity index (χ3v) is 5.43. The van der Waals surface area contributed by atoms with Crippen molar-refractivity contribution in [2.45, 2.75) is 37.6 Å². The maximum absolute atomic E-state index is 12.7. The first-order chi connectivity index (χ1) is 15.6. The Morgan fingerprint density at radius 2 is 1.67 bits per heavy atom. The van der Waals surface area contributed by atoms with Gasteiger partial charge in [-0.25, -0.2) is 0 Å². The topological polar surface area (TPSA) is 179 Å². The van der Waals surface area contributed by atoms with Gasteiger partial charge in [-0.3, -0.25) is 4.79 Å². The highest BCUT2D eigenvalue weighted by atomic mass is 16.7. The predicted octanol–water partition coefficient (Wildman–Crippen LogP) is 0.792. The molecule has 6 N–H and O–H groups in total. The fourth-order valence-corrected chi connectivity index (χ4v) is 3.60. The molecule has 1 saturated heterocycles. The third kappa shape index (κ3) is 3.91. The molecule has 1 aliphatic rings. The first kappa shape index (κ1) is 22.7. The van der Waals surface area contributed by atoms with Crippen LogP contribution in [0.2, 0.25) is 0 Å². The second kappa shape index (κ2) is 8.45. The average molecular weight is 462 g/mol. The molecule has 1 fully saturated rings. The Morgan fingerprint density at radius 1 is 0.939 bits per heavy atom. The van der Waals surface area contributed by atoms with E-state index in [0.29, 0.717) is 0 Å². The van der Waals surface area contributed by atoms with E-state index in [1.165, 1.54) is 38.3 Å². The summed E-state index contributed by atoms with van der Waals surface area (Å²) >= 11 is 0. The van der Waals surface area contributed by atoms with Crippen LogP contribution >= 0.6 is 0 Å². The SMILES string of the molecule is COc1c(O[C@H]2O[C@H](C)[C@H](O)[C@@H](O)[C@H]2O)cc2oc(-c3ccc(O)c(O)c3)cc(=O)c2c1O. The van der Waals surface area contributed by atoms with E-state index in [-0.39, 0.29) is 39.5 Å². The summed E-state index contributed by atoms with van der Waals surface area (Å²) in [5.41, 5.74) is -0.460. The molecule has 11 nitrogen and oxygen atoms in total. The zero-order chi connectivity index (χ0) is 24.0. The van der Waals surface area contributed by atoms with E-state index in [2.05, 4.69) is 0 Å². The molecular formula is C22H22O11. The van der Waals surface area contributed by atoms with Crippen molar-refractivity contribution in [3.63, 3.8) is 0 Å². The van der Waals surface area contributed by atoms with Crippen molar-refractivity contribution in [3.8, 4) is 40.1 Å². The van der Waals surface area contributed by atoms with Crippen LogP contribution < -0.4 is 14.9 Å². The average Bonchev–Trinajstić information content (AvgIpc) is 2.77.